The lowest BCUT2D eigenvalue weighted by molar-refractivity contribution is 0.0691. The van der Waals surface area contributed by atoms with Gasteiger partial charge in [0.1, 0.15) is 5.69 Å². The van der Waals surface area contributed by atoms with Gasteiger partial charge in [0.2, 0.25) is 5.95 Å². The maximum Gasteiger partial charge on any atom is 0.272 e. The predicted molar refractivity (Wildman–Crippen MR) is 91.8 cm³/mol. The first-order valence-corrected chi connectivity index (χ1v) is 10.3. The summed E-state index contributed by atoms with van der Waals surface area (Å²) in [7, 11) is -2.97. The predicted octanol–water partition coefficient (Wildman–Crippen LogP) is 1.26. The standard InChI is InChI=1S/C16H24N4O3S/c1-11-3-6-20(7-4-11)15(21)14-9-12(2)17-16(19-14)18-13-5-8-24(22,23)10-13/h9,11,13H,3-8,10H2,1-2H3,(H,17,18,19). The zero-order valence-electron chi connectivity index (χ0n) is 14.2. The molecule has 1 aromatic rings. The molecular weight excluding hydrogens is 328 g/mol. The highest BCUT2D eigenvalue weighted by Gasteiger charge is 2.29. The Morgan fingerprint density at radius 2 is 1.96 bits per heavy atom. The van der Waals surface area contributed by atoms with Crippen LogP contribution >= 0.6 is 0 Å². The molecule has 132 valence electrons. The lowest BCUT2D eigenvalue weighted by Crippen LogP contribution is -2.38. The number of likely N-dealkylation sites (tertiary alicyclic amines) is 1. The Balaban J connectivity index is 1.73. The smallest absolute Gasteiger partial charge is 0.272 e. The van der Waals surface area contributed by atoms with E-state index in [0.717, 1.165) is 25.9 Å². The van der Waals surface area contributed by atoms with Crippen LogP contribution in [-0.2, 0) is 9.84 Å². The van der Waals surface area contributed by atoms with Gasteiger partial charge in [-0.3, -0.25) is 4.79 Å². The number of carbonyl (C=O) groups excluding carboxylic acids is 1. The van der Waals surface area contributed by atoms with Crippen molar-refractivity contribution in [1.82, 2.24) is 14.9 Å². The molecule has 7 nitrogen and oxygen atoms in total. The first-order valence-electron chi connectivity index (χ1n) is 8.44. The number of amides is 1. The molecule has 2 fully saturated rings. The van der Waals surface area contributed by atoms with Crippen molar-refractivity contribution in [1.29, 1.82) is 0 Å². The van der Waals surface area contributed by atoms with Crippen LogP contribution in [0.1, 0.15) is 42.4 Å². The molecule has 1 amide bonds. The fourth-order valence-corrected chi connectivity index (χ4v) is 4.88. The van der Waals surface area contributed by atoms with Crippen LogP contribution < -0.4 is 5.32 Å². The van der Waals surface area contributed by atoms with E-state index in [1.807, 2.05) is 11.8 Å². The summed E-state index contributed by atoms with van der Waals surface area (Å²) in [6.07, 6.45) is 2.58. The number of nitrogens with zero attached hydrogens (tertiary/aromatic N) is 3. The van der Waals surface area contributed by atoms with Crippen molar-refractivity contribution in [2.75, 3.05) is 29.9 Å². The fourth-order valence-electron chi connectivity index (χ4n) is 3.21. The SMILES string of the molecule is Cc1cc(C(=O)N2CCC(C)CC2)nc(NC2CCS(=O)(=O)C2)n1. The highest BCUT2D eigenvalue weighted by atomic mass is 32.2. The van der Waals surface area contributed by atoms with Crippen LogP contribution in [0.3, 0.4) is 0 Å². The van der Waals surface area contributed by atoms with Gasteiger partial charge in [-0.25, -0.2) is 18.4 Å². The molecule has 0 radical (unpaired) electrons. The number of hydrogen-bond acceptors (Lipinski definition) is 6. The Labute approximate surface area is 142 Å². The number of rotatable bonds is 3. The number of sulfone groups is 1. The van der Waals surface area contributed by atoms with Gasteiger partial charge < -0.3 is 10.2 Å². The first kappa shape index (κ1) is 17.1. The Bertz CT molecular complexity index is 727. The Hall–Kier alpha value is -1.70. The van der Waals surface area contributed by atoms with Gasteiger partial charge in [-0.15, -0.1) is 0 Å². The average Bonchev–Trinajstić information content (AvgIpc) is 2.85. The minimum Gasteiger partial charge on any atom is -0.350 e. The van der Waals surface area contributed by atoms with Gasteiger partial charge in [0.15, 0.2) is 9.84 Å². The first-order chi connectivity index (χ1) is 11.3. The third-order valence-corrected chi connectivity index (χ3v) is 6.48. The summed E-state index contributed by atoms with van der Waals surface area (Å²) in [5, 5.41) is 3.07. The summed E-state index contributed by atoms with van der Waals surface area (Å²) in [4.78, 5) is 23.1. The van der Waals surface area contributed by atoms with Crippen molar-refractivity contribution < 1.29 is 13.2 Å². The average molecular weight is 352 g/mol. The van der Waals surface area contributed by atoms with Gasteiger partial charge in [-0.05, 0) is 38.2 Å². The molecular formula is C16H24N4O3S. The van der Waals surface area contributed by atoms with E-state index in [9.17, 15) is 13.2 Å². The van der Waals surface area contributed by atoms with E-state index in [1.165, 1.54) is 0 Å². The van der Waals surface area contributed by atoms with Gasteiger partial charge >= 0.3 is 0 Å². The van der Waals surface area contributed by atoms with Crippen LogP contribution in [0.2, 0.25) is 0 Å². The van der Waals surface area contributed by atoms with E-state index in [0.29, 0.717) is 29.7 Å². The van der Waals surface area contributed by atoms with Crippen LogP contribution in [0.5, 0.6) is 0 Å². The van der Waals surface area contributed by atoms with Gasteiger partial charge in [0.05, 0.1) is 11.5 Å². The second kappa shape index (κ2) is 6.66. The molecule has 24 heavy (non-hydrogen) atoms. The molecule has 0 aromatic carbocycles. The van der Waals surface area contributed by atoms with Gasteiger partial charge in [0, 0.05) is 24.8 Å². The van der Waals surface area contributed by atoms with E-state index in [2.05, 4.69) is 22.2 Å². The number of nitrogens with one attached hydrogen (secondary N) is 1. The molecule has 2 saturated heterocycles. The number of carbonyl (C=O) groups is 1. The third-order valence-electron chi connectivity index (χ3n) is 4.71. The molecule has 1 N–H and O–H groups in total. The monoisotopic (exact) mass is 352 g/mol. The lowest BCUT2D eigenvalue weighted by Gasteiger charge is -2.30. The quantitative estimate of drug-likeness (QED) is 0.880. The van der Waals surface area contributed by atoms with E-state index >= 15 is 0 Å². The van der Waals surface area contributed by atoms with Gasteiger partial charge in [-0.1, -0.05) is 6.92 Å². The lowest BCUT2D eigenvalue weighted by atomic mass is 9.99. The third kappa shape index (κ3) is 4.03. The molecule has 3 rings (SSSR count). The molecule has 8 heteroatoms. The molecule has 1 atom stereocenters. The Morgan fingerprint density at radius 3 is 2.58 bits per heavy atom. The molecule has 1 aromatic heterocycles. The van der Waals surface area contributed by atoms with E-state index in [4.69, 9.17) is 0 Å². The molecule has 0 saturated carbocycles. The van der Waals surface area contributed by atoms with Crippen molar-refractivity contribution in [2.45, 2.75) is 39.2 Å². The number of aryl methyl sites for hydroxylation is 1. The molecule has 3 heterocycles. The highest BCUT2D eigenvalue weighted by Crippen LogP contribution is 2.19. The largest absolute Gasteiger partial charge is 0.350 e. The molecule has 0 bridgehead atoms. The molecule has 0 spiro atoms. The van der Waals surface area contributed by atoms with Crippen molar-refractivity contribution >= 4 is 21.7 Å². The van der Waals surface area contributed by atoms with E-state index in [1.54, 1.807) is 6.07 Å². The van der Waals surface area contributed by atoms with Crippen molar-refractivity contribution in [3.8, 4) is 0 Å². The summed E-state index contributed by atoms with van der Waals surface area (Å²) in [6.45, 7) is 5.53. The normalized spacial score (nSPS) is 24.1. The fraction of sp³-hybridized carbons (Fsp3) is 0.688. The van der Waals surface area contributed by atoms with E-state index in [-0.39, 0.29) is 23.5 Å². The summed E-state index contributed by atoms with van der Waals surface area (Å²) in [6, 6.07) is 1.51. The van der Waals surface area contributed by atoms with Crippen molar-refractivity contribution in [3.05, 3.63) is 17.5 Å². The highest BCUT2D eigenvalue weighted by molar-refractivity contribution is 7.91. The number of piperidine rings is 1. The summed E-state index contributed by atoms with van der Waals surface area (Å²) >= 11 is 0. The molecule has 0 aliphatic carbocycles. The summed E-state index contributed by atoms with van der Waals surface area (Å²) in [5.74, 6) is 1.20. The zero-order valence-corrected chi connectivity index (χ0v) is 15.0. The molecule has 2 aliphatic heterocycles. The Kier molecular flexibility index (Phi) is 4.76. The van der Waals surface area contributed by atoms with Crippen LogP contribution in [0.4, 0.5) is 5.95 Å². The van der Waals surface area contributed by atoms with Crippen LogP contribution in [0.25, 0.3) is 0 Å². The van der Waals surface area contributed by atoms with Crippen LogP contribution in [0, 0.1) is 12.8 Å². The zero-order chi connectivity index (χ0) is 17.3. The minimum atomic E-state index is -2.97. The topological polar surface area (TPSA) is 92.3 Å². The van der Waals surface area contributed by atoms with Crippen molar-refractivity contribution in [2.24, 2.45) is 5.92 Å². The van der Waals surface area contributed by atoms with Crippen molar-refractivity contribution in [3.63, 3.8) is 0 Å². The Morgan fingerprint density at radius 1 is 1.25 bits per heavy atom. The molecule has 2 aliphatic rings. The van der Waals surface area contributed by atoms with Crippen LogP contribution in [-0.4, -0.2) is 59.8 Å². The minimum absolute atomic E-state index is 0.0745. The maximum absolute atomic E-state index is 12.7. The second-order valence-electron chi connectivity index (χ2n) is 6.94. The summed E-state index contributed by atoms with van der Waals surface area (Å²) < 4.78 is 23.1. The number of aromatic nitrogens is 2. The summed E-state index contributed by atoms with van der Waals surface area (Å²) in [5.41, 5.74) is 1.07. The van der Waals surface area contributed by atoms with Crippen LogP contribution in [0.15, 0.2) is 6.07 Å². The van der Waals surface area contributed by atoms with Gasteiger partial charge in [-0.2, -0.15) is 0 Å². The second-order valence-corrected chi connectivity index (χ2v) is 9.17. The van der Waals surface area contributed by atoms with Gasteiger partial charge in [0.25, 0.3) is 5.91 Å². The molecule has 1 unspecified atom stereocenters. The number of anilines is 1. The number of hydrogen-bond donors (Lipinski definition) is 1. The maximum atomic E-state index is 12.7. The van der Waals surface area contributed by atoms with E-state index < -0.39 is 9.84 Å².